The summed E-state index contributed by atoms with van der Waals surface area (Å²) in [6, 6.07) is 13.5. The van der Waals surface area contributed by atoms with Crippen molar-refractivity contribution in [2.45, 2.75) is 40.5 Å². The summed E-state index contributed by atoms with van der Waals surface area (Å²) in [5, 5.41) is 24.9. The van der Waals surface area contributed by atoms with Gasteiger partial charge in [0.25, 0.3) is 5.91 Å². The number of esters is 1. The topological polar surface area (TPSA) is 116 Å². The molecule has 0 aliphatic heterocycles. The normalized spacial score (nSPS) is 11.9. The summed E-state index contributed by atoms with van der Waals surface area (Å²) in [5.74, 6) is -1.29. The number of phenolic OH excluding ortho intramolecular Hbond substituents is 1. The number of fused-ring (bicyclic) bond motifs is 2. The lowest BCUT2D eigenvalue weighted by atomic mass is 9.96. The van der Waals surface area contributed by atoms with Crippen molar-refractivity contribution in [2.75, 3.05) is 13.2 Å². The highest BCUT2D eigenvalue weighted by Crippen LogP contribution is 2.44. The van der Waals surface area contributed by atoms with Gasteiger partial charge < -0.3 is 24.3 Å². The van der Waals surface area contributed by atoms with Gasteiger partial charge >= 0.3 is 5.97 Å². The maximum Gasteiger partial charge on any atom is 0.343 e. The van der Waals surface area contributed by atoms with E-state index >= 15 is 0 Å². The van der Waals surface area contributed by atoms with Gasteiger partial charge in [0.15, 0.2) is 5.75 Å². The minimum Gasteiger partial charge on any atom is -0.508 e. The van der Waals surface area contributed by atoms with Gasteiger partial charge in [-0.1, -0.05) is 40.7 Å². The molecule has 2 N–H and O–H groups in total. The van der Waals surface area contributed by atoms with Gasteiger partial charge in [0.05, 0.1) is 40.8 Å². The van der Waals surface area contributed by atoms with Gasteiger partial charge in [0.2, 0.25) is 0 Å². The van der Waals surface area contributed by atoms with E-state index in [0.717, 1.165) is 0 Å². The third-order valence-electron chi connectivity index (χ3n) is 6.81. The molecule has 0 aliphatic carbocycles. The van der Waals surface area contributed by atoms with E-state index < -0.39 is 17.2 Å². The van der Waals surface area contributed by atoms with Crippen molar-refractivity contribution in [1.82, 2.24) is 14.3 Å². The number of hydrogen-bond donors (Lipinski definition) is 2. The van der Waals surface area contributed by atoms with Crippen LogP contribution in [0.3, 0.4) is 0 Å². The highest BCUT2D eigenvalue weighted by atomic mass is 19.1. The number of aliphatic hydroxyl groups excluding tert-OH is 1. The monoisotopic (exact) mass is 573 g/mol. The third-order valence-corrected chi connectivity index (χ3v) is 6.81. The number of nitrogens with zero attached hydrogens (tertiary/aromatic N) is 3. The van der Waals surface area contributed by atoms with Gasteiger partial charge in [-0.05, 0) is 48.4 Å². The minimum atomic E-state index is -0.708. The van der Waals surface area contributed by atoms with E-state index in [4.69, 9.17) is 9.47 Å². The Hall–Kier alpha value is -4.70. The van der Waals surface area contributed by atoms with Crippen LogP contribution >= 0.6 is 0 Å². The molecule has 0 saturated carbocycles. The summed E-state index contributed by atoms with van der Waals surface area (Å²) in [5.41, 5.74) is 1.63. The lowest BCUT2D eigenvalue weighted by Crippen LogP contribution is -2.27. The summed E-state index contributed by atoms with van der Waals surface area (Å²) >= 11 is 0. The average molecular weight is 574 g/mol. The molecular weight excluding hydrogens is 541 g/mol. The highest BCUT2D eigenvalue weighted by Gasteiger charge is 2.29. The first kappa shape index (κ1) is 28.8. The largest absolute Gasteiger partial charge is 0.508 e. The molecule has 0 atom stereocenters. The molecular formula is C32H32FN3O6. The number of carbonyl (C=O) groups excluding carboxylic acids is 2. The van der Waals surface area contributed by atoms with E-state index in [9.17, 15) is 24.2 Å². The summed E-state index contributed by atoms with van der Waals surface area (Å²) in [6.07, 6.45) is 1.59. The molecule has 5 rings (SSSR count). The molecule has 0 radical (unpaired) electrons. The Labute approximate surface area is 241 Å². The fraction of sp³-hybridized carbons (Fsp3) is 0.281. The van der Waals surface area contributed by atoms with E-state index in [0.29, 0.717) is 33.2 Å². The Bertz CT molecular complexity index is 1830. The highest BCUT2D eigenvalue weighted by molar-refractivity contribution is 6.05. The van der Waals surface area contributed by atoms with E-state index in [1.54, 1.807) is 45.2 Å². The number of rotatable bonds is 7. The van der Waals surface area contributed by atoms with Crippen molar-refractivity contribution in [3.8, 4) is 22.9 Å². The van der Waals surface area contributed by atoms with Crippen LogP contribution in [0.4, 0.5) is 4.39 Å². The van der Waals surface area contributed by atoms with Gasteiger partial charge in [-0.3, -0.25) is 4.79 Å². The number of ether oxygens (including phenoxy) is 2. The SMILES string of the molecule is CC(C)c1c(OC(=O)c2cccc(O)c2)c2cc3c(cnn3C(=O)C(C)(C)C)cc2n1-c1ccc(F)cc1OCCO. The van der Waals surface area contributed by atoms with Crippen LogP contribution in [-0.4, -0.2) is 49.7 Å². The van der Waals surface area contributed by atoms with Gasteiger partial charge in [-0.15, -0.1) is 0 Å². The molecule has 218 valence electrons. The predicted octanol–water partition coefficient (Wildman–Crippen LogP) is 6.22. The number of carbonyl (C=O) groups is 2. The predicted molar refractivity (Wildman–Crippen MR) is 156 cm³/mol. The number of phenols is 1. The number of benzene rings is 3. The number of aromatic nitrogens is 3. The maximum absolute atomic E-state index is 14.4. The Morgan fingerprint density at radius 3 is 2.48 bits per heavy atom. The summed E-state index contributed by atoms with van der Waals surface area (Å²) in [6.45, 7) is 8.95. The van der Waals surface area contributed by atoms with Crippen LogP contribution in [0.25, 0.3) is 27.5 Å². The minimum absolute atomic E-state index is 0.0576. The fourth-order valence-electron chi connectivity index (χ4n) is 4.89. The Kier molecular flexibility index (Phi) is 7.51. The molecule has 2 heterocycles. The zero-order chi connectivity index (χ0) is 30.3. The zero-order valence-electron chi connectivity index (χ0n) is 24.0. The molecule has 5 aromatic rings. The number of hydrogen-bond acceptors (Lipinski definition) is 7. The Morgan fingerprint density at radius 2 is 1.81 bits per heavy atom. The molecule has 0 unspecified atom stereocenters. The van der Waals surface area contributed by atoms with E-state index in [1.165, 1.54) is 35.0 Å². The molecule has 42 heavy (non-hydrogen) atoms. The third kappa shape index (κ3) is 5.21. The van der Waals surface area contributed by atoms with Gasteiger partial charge in [0.1, 0.15) is 23.9 Å². The van der Waals surface area contributed by atoms with Crippen molar-refractivity contribution in [3.63, 3.8) is 0 Å². The molecule has 9 nitrogen and oxygen atoms in total. The van der Waals surface area contributed by atoms with Gasteiger partial charge in [-0.2, -0.15) is 9.78 Å². The first-order chi connectivity index (χ1) is 19.9. The van der Waals surface area contributed by atoms with Crippen LogP contribution in [0.15, 0.2) is 60.8 Å². The summed E-state index contributed by atoms with van der Waals surface area (Å²) < 4.78 is 29.3. The smallest absolute Gasteiger partial charge is 0.343 e. The molecule has 2 aromatic heterocycles. The first-order valence-corrected chi connectivity index (χ1v) is 13.6. The van der Waals surface area contributed by atoms with Crippen molar-refractivity contribution < 1.29 is 33.7 Å². The van der Waals surface area contributed by atoms with Crippen LogP contribution in [0, 0.1) is 11.2 Å². The van der Waals surface area contributed by atoms with E-state index in [-0.39, 0.29) is 47.9 Å². The van der Waals surface area contributed by atoms with Crippen molar-refractivity contribution in [3.05, 3.63) is 77.9 Å². The molecule has 0 bridgehead atoms. The molecule has 0 spiro atoms. The Balaban J connectivity index is 1.84. The zero-order valence-corrected chi connectivity index (χ0v) is 24.0. The first-order valence-electron chi connectivity index (χ1n) is 13.6. The number of halogens is 1. The van der Waals surface area contributed by atoms with E-state index in [2.05, 4.69) is 5.10 Å². The van der Waals surface area contributed by atoms with Crippen LogP contribution in [0.2, 0.25) is 0 Å². The van der Waals surface area contributed by atoms with Crippen LogP contribution in [0.1, 0.15) is 61.4 Å². The van der Waals surface area contributed by atoms with Crippen molar-refractivity contribution in [2.24, 2.45) is 5.41 Å². The molecule has 0 amide bonds. The van der Waals surface area contributed by atoms with Crippen LogP contribution in [0.5, 0.6) is 17.2 Å². The van der Waals surface area contributed by atoms with Gasteiger partial charge in [-0.25, -0.2) is 9.18 Å². The second-order valence-corrected chi connectivity index (χ2v) is 11.4. The van der Waals surface area contributed by atoms with Crippen molar-refractivity contribution >= 4 is 33.7 Å². The second-order valence-electron chi connectivity index (χ2n) is 11.4. The van der Waals surface area contributed by atoms with E-state index in [1.807, 2.05) is 24.5 Å². The summed E-state index contributed by atoms with van der Waals surface area (Å²) in [4.78, 5) is 26.6. The molecule has 0 saturated heterocycles. The number of aromatic hydroxyl groups is 1. The molecule has 3 aromatic carbocycles. The Morgan fingerprint density at radius 1 is 1.05 bits per heavy atom. The maximum atomic E-state index is 14.4. The standard InChI is InChI=1S/C32H32FN3O6/c1-18(2)28-29(42-30(39)19-7-6-8-22(38)13-19)23-16-25-20(17-34-36(25)31(40)32(3,4)5)14-26(23)35(28)24-10-9-21(33)15-27(24)41-12-11-37/h6-10,13-18,37-38H,11-12H2,1-5H3. The quantitative estimate of drug-likeness (QED) is 0.222. The fourth-order valence-corrected chi connectivity index (χ4v) is 4.89. The molecule has 0 aliphatic rings. The number of aliphatic hydroxyl groups is 1. The van der Waals surface area contributed by atoms with Crippen LogP contribution in [-0.2, 0) is 0 Å². The molecule has 0 fully saturated rings. The second kappa shape index (κ2) is 10.9. The van der Waals surface area contributed by atoms with Crippen LogP contribution < -0.4 is 9.47 Å². The lowest BCUT2D eigenvalue weighted by molar-refractivity contribution is 0.0731. The van der Waals surface area contributed by atoms with Gasteiger partial charge in [0, 0.05) is 22.3 Å². The average Bonchev–Trinajstić information content (AvgIpc) is 3.48. The van der Waals surface area contributed by atoms with Crippen molar-refractivity contribution in [1.29, 1.82) is 0 Å². The lowest BCUT2D eigenvalue weighted by Gasteiger charge is -2.18. The summed E-state index contributed by atoms with van der Waals surface area (Å²) in [7, 11) is 0. The molecule has 10 heteroatoms.